The van der Waals surface area contributed by atoms with Gasteiger partial charge < -0.3 is 4.74 Å². The average molecular weight is 487 g/mol. The Morgan fingerprint density at radius 2 is 1.87 bits per heavy atom. The van der Waals surface area contributed by atoms with Crippen molar-refractivity contribution < 1.29 is 17.9 Å². The monoisotopic (exact) mass is 486 g/mol. The smallest absolute Gasteiger partial charge is 0.246 e. The highest BCUT2D eigenvalue weighted by Crippen LogP contribution is 2.31. The maximum Gasteiger partial charge on any atom is 0.246 e. The number of anilines is 2. The van der Waals surface area contributed by atoms with Crippen molar-refractivity contribution in [1.82, 2.24) is 10.2 Å². The number of carbonyl (C=O) groups excluding carboxylic acids is 1. The lowest BCUT2D eigenvalue weighted by molar-refractivity contribution is -0.114. The number of amides is 1. The van der Waals surface area contributed by atoms with Gasteiger partial charge in [-0.05, 0) is 42.5 Å². The second-order valence-corrected chi connectivity index (χ2v) is 9.78. The van der Waals surface area contributed by atoms with Crippen molar-refractivity contribution in [3.05, 3.63) is 52.5 Å². The van der Waals surface area contributed by atoms with Crippen molar-refractivity contribution in [2.75, 3.05) is 29.5 Å². The predicted octanol–water partition coefficient (Wildman–Crippen LogP) is 3.93. The molecule has 0 bridgehead atoms. The van der Waals surface area contributed by atoms with Crippen molar-refractivity contribution in [3.63, 3.8) is 0 Å². The molecule has 3 rings (SSSR count). The standard InChI is InChI=1S/C18H16Cl2N4O4S2/c1-28-13-6-3-11(4-7-13)17-22-23-18(29-17)21-16(25)10-24(30(2,26)27)15-9-12(19)5-8-14(15)20/h3-9H,10H2,1-2H3,(H,21,23,25). The Labute approximate surface area is 187 Å². The van der Waals surface area contributed by atoms with Gasteiger partial charge in [0.05, 0.1) is 24.1 Å². The molecular formula is C18H16Cl2N4O4S2. The molecule has 0 fully saturated rings. The number of methoxy groups -OCH3 is 1. The minimum atomic E-state index is -3.80. The van der Waals surface area contributed by atoms with E-state index in [-0.39, 0.29) is 20.9 Å². The fourth-order valence-electron chi connectivity index (χ4n) is 2.47. The zero-order valence-electron chi connectivity index (χ0n) is 15.8. The highest BCUT2D eigenvalue weighted by atomic mass is 35.5. The fourth-order valence-corrected chi connectivity index (χ4v) is 4.53. The molecule has 2 aromatic carbocycles. The largest absolute Gasteiger partial charge is 0.497 e. The van der Waals surface area contributed by atoms with Gasteiger partial charge in [0.25, 0.3) is 0 Å². The number of hydrogen-bond acceptors (Lipinski definition) is 7. The molecule has 0 radical (unpaired) electrons. The lowest BCUT2D eigenvalue weighted by Gasteiger charge is -2.22. The molecule has 0 saturated carbocycles. The summed E-state index contributed by atoms with van der Waals surface area (Å²) < 4.78 is 30.5. The number of carbonyl (C=O) groups is 1. The number of halogens is 2. The van der Waals surface area contributed by atoms with Gasteiger partial charge in [-0.2, -0.15) is 0 Å². The number of benzene rings is 2. The molecule has 0 aliphatic heterocycles. The van der Waals surface area contributed by atoms with Crippen LogP contribution in [0.5, 0.6) is 5.75 Å². The van der Waals surface area contributed by atoms with E-state index in [2.05, 4.69) is 15.5 Å². The first-order valence-electron chi connectivity index (χ1n) is 8.38. The number of ether oxygens (including phenoxy) is 1. The molecule has 0 aliphatic carbocycles. The normalized spacial score (nSPS) is 11.2. The quantitative estimate of drug-likeness (QED) is 0.542. The van der Waals surface area contributed by atoms with Crippen LogP contribution in [0.15, 0.2) is 42.5 Å². The van der Waals surface area contributed by atoms with Gasteiger partial charge in [0.1, 0.15) is 17.3 Å². The molecule has 0 spiro atoms. The predicted molar refractivity (Wildman–Crippen MR) is 119 cm³/mol. The van der Waals surface area contributed by atoms with Crippen LogP contribution in [0.1, 0.15) is 0 Å². The van der Waals surface area contributed by atoms with Crippen LogP contribution in [0, 0.1) is 0 Å². The van der Waals surface area contributed by atoms with Gasteiger partial charge in [0, 0.05) is 10.6 Å². The summed E-state index contributed by atoms with van der Waals surface area (Å²) in [6.07, 6.45) is 0.976. The van der Waals surface area contributed by atoms with Gasteiger partial charge in [-0.15, -0.1) is 10.2 Å². The average Bonchev–Trinajstić information content (AvgIpc) is 3.16. The first kappa shape index (κ1) is 22.3. The van der Waals surface area contributed by atoms with Crippen molar-refractivity contribution in [2.24, 2.45) is 0 Å². The maximum absolute atomic E-state index is 12.5. The van der Waals surface area contributed by atoms with Crippen molar-refractivity contribution in [1.29, 1.82) is 0 Å². The molecular weight excluding hydrogens is 471 g/mol. The maximum atomic E-state index is 12.5. The topological polar surface area (TPSA) is 101 Å². The van der Waals surface area contributed by atoms with Crippen LogP contribution >= 0.6 is 34.5 Å². The Bertz CT molecular complexity index is 1170. The lowest BCUT2D eigenvalue weighted by atomic mass is 10.2. The zero-order chi connectivity index (χ0) is 21.9. The molecule has 158 valence electrons. The summed E-state index contributed by atoms with van der Waals surface area (Å²) in [5.74, 6) is 0.103. The van der Waals surface area contributed by atoms with E-state index in [4.69, 9.17) is 27.9 Å². The third-order valence-electron chi connectivity index (χ3n) is 3.87. The molecule has 1 N–H and O–H groups in total. The van der Waals surface area contributed by atoms with E-state index in [9.17, 15) is 13.2 Å². The third-order valence-corrected chi connectivity index (χ3v) is 6.44. The Kier molecular flexibility index (Phi) is 6.81. The van der Waals surface area contributed by atoms with Crippen molar-refractivity contribution in [3.8, 4) is 16.3 Å². The van der Waals surface area contributed by atoms with Crippen LogP contribution in [0.2, 0.25) is 10.0 Å². The van der Waals surface area contributed by atoms with E-state index in [1.165, 1.54) is 18.2 Å². The minimum absolute atomic E-state index is 0.109. The molecule has 8 nitrogen and oxygen atoms in total. The van der Waals surface area contributed by atoms with E-state index in [0.717, 1.165) is 27.5 Å². The van der Waals surface area contributed by atoms with Gasteiger partial charge in [-0.1, -0.05) is 34.5 Å². The summed E-state index contributed by atoms with van der Waals surface area (Å²) in [4.78, 5) is 12.5. The Morgan fingerprint density at radius 1 is 1.17 bits per heavy atom. The summed E-state index contributed by atoms with van der Waals surface area (Å²) in [5, 5.41) is 11.8. The second-order valence-electron chi connectivity index (χ2n) is 6.05. The highest BCUT2D eigenvalue weighted by Gasteiger charge is 2.24. The molecule has 0 aliphatic rings. The van der Waals surface area contributed by atoms with Crippen LogP contribution in [0.3, 0.4) is 0 Å². The van der Waals surface area contributed by atoms with Gasteiger partial charge in [0.15, 0.2) is 0 Å². The van der Waals surface area contributed by atoms with Crippen molar-refractivity contribution in [2.45, 2.75) is 0 Å². The van der Waals surface area contributed by atoms with Gasteiger partial charge in [-0.25, -0.2) is 8.42 Å². The van der Waals surface area contributed by atoms with Gasteiger partial charge in [-0.3, -0.25) is 14.4 Å². The highest BCUT2D eigenvalue weighted by molar-refractivity contribution is 7.92. The first-order valence-corrected chi connectivity index (χ1v) is 11.8. The first-order chi connectivity index (χ1) is 14.2. The number of hydrogen-bond donors (Lipinski definition) is 1. The fraction of sp³-hybridized carbons (Fsp3) is 0.167. The van der Waals surface area contributed by atoms with E-state index in [1.54, 1.807) is 19.2 Å². The SMILES string of the molecule is COc1ccc(-c2nnc(NC(=O)CN(c3cc(Cl)ccc3Cl)S(C)(=O)=O)s2)cc1. The Hall–Kier alpha value is -2.40. The molecule has 12 heteroatoms. The molecule has 1 aromatic heterocycles. The number of sulfonamides is 1. The molecule has 1 amide bonds. The van der Waals surface area contributed by atoms with E-state index < -0.39 is 22.5 Å². The molecule has 30 heavy (non-hydrogen) atoms. The molecule has 0 atom stereocenters. The van der Waals surface area contributed by atoms with Gasteiger partial charge >= 0.3 is 0 Å². The number of aromatic nitrogens is 2. The molecule has 3 aromatic rings. The molecule has 0 unspecified atom stereocenters. The molecule has 0 saturated heterocycles. The third kappa shape index (κ3) is 5.39. The summed E-state index contributed by atoms with van der Waals surface area (Å²) in [7, 11) is -2.23. The lowest BCUT2D eigenvalue weighted by Crippen LogP contribution is -2.37. The summed E-state index contributed by atoms with van der Waals surface area (Å²) in [5.41, 5.74) is 0.912. The summed E-state index contributed by atoms with van der Waals surface area (Å²) in [6.45, 7) is -0.504. The summed E-state index contributed by atoms with van der Waals surface area (Å²) >= 11 is 13.2. The number of rotatable bonds is 7. The van der Waals surface area contributed by atoms with Crippen LogP contribution in [0.25, 0.3) is 10.6 Å². The zero-order valence-corrected chi connectivity index (χ0v) is 18.9. The van der Waals surface area contributed by atoms with E-state index in [1.807, 2.05) is 12.1 Å². The van der Waals surface area contributed by atoms with Crippen LogP contribution < -0.4 is 14.4 Å². The molecule has 1 heterocycles. The second kappa shape index (κ2) is 9.17. The van der Waals surface area contributed by atoms with Crippen molar-refractivity contribution >= 4 is 61.3 Å². The van der Waals surface area contributed by atoms with E-state index >= 15 is 0 Å². The number of nitrogens with zero attached hydrogens (tertiary/aromatic N) is 3. The van der Waals surface area contributed by atoms with E-state index in [0.29, 0.717) is 10.8 Å². The minimum Gasteiger partial charge on any atom is -0.497 e. The Balaban J connectivity index is 1.76. The van der Waals surface area contributed by atoms with Crippen LogP contribution in [0.4, 0.5) is 10.8 Å². The van der Waals surface area contributed by atoms with Crippen LogP contribution in [-0.4, -0.2) is 44.4 Å². The summed E-state index contributed by atoms with van der Waals surface area (Å²) in [6, 6.07) is 11.6. The number of nitrogens with one attached hydrogen (secondary N) is 1. The van der Waals surface area contributed by atoms with Gasteiger partial charge in [0.2, 0.25) is 21.1 Å². The van der Waals surface area contributed by atoms with Crippen LogP contribution in [-0.2, 0) is 14.8 Å². The Morgan fingerprint density at radius 3 is 2.50 bits per heavy atom.